The van der Waals surface area contributed by atoms with Gasteiger partial charge >= 0.3 is 5.69 Å². The summed E-state index contributed by atoms with van der Waals surface area (Å²) >= 11 is 0. The second kappa shape index (κ2) is 9.60. The zero-order valence-corrected chi connectivity index (χ0v) is 22.7. The molecule has 5 aromatic rings. The number of halogens is 2. The number of aryl methyl sites for hydroxylation is 2. The second-order valence-corrected chi connectivity index (χ2v) is 10.0. The van der Waals surface area contributed by atoms with Crippen molar-refractivity contribution in [2.75, 3.05) is 13.2 Å². The van der Waals surface area contributed by atoms with Crippen LogP contribution >= 0.6 is 0 Å². The van der Waals surface area contributed by atoms with Gasteiger partial charge in [-0.1, -0.05) is 12.7 Å². The lowest BCUT2D eigenvalue weighted by Crippen LogP contribution is -2.30. The predicted octanol–water partition coefficient (Wildman–Crippen LogP) is 4.37. The Bertz CT molecular complexity index is 1860. The molecule has 0 saturated heterocycles. The maximum Gasteiger partial charge on any atom is 0.338 e. The Labute approximate surface area is 228 Å². The largest absolute Gasteiger partial charge is 0.487 e. The second-order valence-electron chi connectivity index (χ2n) is 10.0. The van der Waals surface area contributed by atoms with E-state index in [1.165, 1.54) is 21.5 Å². The smallest absolute Gasteiger partial charge is 0.338 e. The highest BCUT2D eigenvalue weighted by Gasteiger charge is 2.31. The van der Waals surface area contributed by atoms with Gasteiger partial charge in [-0.3, -0.25) is 13.8 Å². The zero-order chi connectivity index (χ0) is 28.3. The quantitative estimate of drug-likeness (QED) is 0.321. The molecule has 0 aliphatic carbocycles. The van der Waals surface area contributed by atoms with Crippen molar-refractivity contribution >= 4 is 10.9 Å². The topological polar surface area (TPSA) is 83.8 Å². The van der Waals surface area contributed by atoms with E-state index in [1.807, 2.05) is 6.92 Å². The standard InChI is InChI=1S/C29H29F2N7O2/c1-6-13-40-27-17(3)25(30)16(2)14-23(27)38-28(24-18(4)32-10-9-20(24)34-38)37-12-11-36(29(37)39)22-8-7-21-19(26(22)31)15-33-35(21)5/h6-8,11-12,14-15,18,32H,1,9-10,13H2,2-5H3/t18-/m0/s1. The van der Waals surface area contributed by atoms with Gasteiger partial charge in [-0.15, -0.1) is 0 Å². The molecule has 9 nitrogen and oxygen atoms in total. The molecule has 11 heteroatoms. The van der Waals surface area contributed by atoms with Gasteiger partial charge in [-0.25, -0.2) is 18.3 Å². The van der Waals surface area contributed by atoms with E-state index in [-0.39, 0.29) is 24.2 Å². The number of hydrogen-bond donors (Lipinski definition) is 1. The van der Waals surface area contributed by atoms with Crippen molar-refractivity contribution in [1.82, 2.24) is 34.0 Å². The van der Waals surface area contributed by atoms with Crippen LogP contribution in [0.15, 0.2) is 54.2 Å². The van der Waals surface area contributed by atoms with Crippen LogP contribution in [0.25, 0.3) is 28.1 Å². The van der Waals surface area contributed by atoms with Crippen LogP contribution in [0.1, 0.15) is 35.3 Å². The molecule has 2 aromatic carbocycles. The molecule has 206 valence electrons. The molecule has 3 aromatic heterocycles. The molecular formula is C29H29F2N7O2. The third-order valence-electron chi connectivity index (χ3n) is 7.50. The fourth-order valence-corrected chi connectivity index (χ4v) is 5.50. The average molecular weight is 546 g/mol. The zero-order valence-electron chi connectivity index (χ0n) is 22.7. The number of fused-ring (bicyclic) bond motifs is 2. The number of imidazole rings is 1. The highest BCUT2D eigenvalue weighted by atomic mass is 19.1. The van der Waals surface area contributed by atoms with Gasteiger partial charge < -0.3 is 10.1 Å². The van der Waals surface area contributed by atoms with Gasteiger partial charge in [0.15, 0.2) is 11.6 Å². The Morgan fingerprint density at radius 3 is 2.73 bits per heavy atom. The van der Waals surface area contributed by atoms with Crippen LogP contribution < -0.4 is 15.7 Å². The van der Waals surface area contributed by atoms with E-state index in [0.717, 1.165) is 17.8 Å². The van der Waals surface area contributed by atoms with Gasteiger partial charge in [0.1, 0.15) is 23.9 Å². The van der Waals surface area contributed by atoms with Crippen molar-refractivity contribution < 1.29 is 13.5 Å². The fourth-order valence-electron chi connectivity index (χ4n) is 5.50. The van der Waals surface area contributed by atoms with Gasteiger partial charge in [0.05, 0.1) is 28.5 Å². The van der Waals surface area contributed by atoms with Crippen LogP contribution in [0.4, 0.5) is 8.78 Å². The first-order chi connectivity index (χ1) is 19.2. The van der Waals surface area contributed by atoms with E-state index in [4.69, 9.17) is 9.84 Å². The fraction of sp³-hybridized carbons (Fsp3) is 0.276. The summed E-state index contributed by atoms with van der Waals surface area (Å²) in [4.78, 5) is 14.0. The van der Waals surface area contributed by atoms with Crippen molar-refractivity contribution in [3.8, 4) is 22.9 Å². The van der Waals surface area contributed by atoms with Crippen LogP contribution in [0.2, 0.25) is 0 Å². The van der Waals surface area contributed by atoms with Crippen molar-refractivity contribution in [1.29, 1.82) is 0 Å². The molecule has 0 unspecified atom stereocenters. The van der Waals surface area contributed by atoms with Crippen molar-refractivity contribution in [2.45, 2.75) is 33.2 Å². The molecule has 0 bridgehead atoms. The molecule has 0 radical (unpaired) electrons. The molecule has 1 aliphatic rings. The van der Waals surface area contributed by atoms with Crippen molar-refractivity contribution in [2.24, 2.45) is 7.05 Å². The minimum Gasteiger partial charge on any atom is -0.487 e. The Morgan fingerprint density at radius 2 is 1.95 bits per heavy atom. The normalized spacial score (nSPS) is 15.0. The Hall–Kier alpha value is -4.51. The van der Waals surface area contributed by atoms with E-state index in [2.05, 4.69) is 17.0 Å². The summed E-state index contributed by atoms with van der Waals surface area (Å²) in [6.45, 7) is 9.93. The molecular weight excluding hydrogens is 516 g/mol. The van der Waals surface area contributed by atoms with Crippen molar-refractivity contribution in [3.05, 3.63) is 93.9 Å². The number of nitrogens with zero attached hydrogens (tertiary/aromatic N) is 6. The molecule has 1 N–H and O–H groups in total. The van der Waals surface area contributed by atoms with Gasteiger partial charge in [-0.2, -0.15) is 10.2 Å². The highest BCUT2D eigenvalue weighted by Crippen LogP contribution is 2.37. The van der Waals surface area contributed by atoms with Crippen LogP contribution in [0, 0.1) is 25.5 Å². The van der Waals surface area contributed by atoms with E-state index in [9.17, 15) is 9.18 Å². The van der Waals surface area contributed by atoms with Crippen LogP contribution in [-0.4, -0.2) is 41.8 Å². The maximum absolute atomic E-state index is 15.6. The average Bonchev–Trinajstić information content (AvgIpc) is 3.62. The molecule has 0 amide bonds. The summed E-state index contributed by atoms with van der Waals surface area (Å²) in [5.41, 5.74) is 3.15. The third-order valence-corrected chi connectivity index (χ3v) is 7.50. The summed E-state index contributed by atoms with van der Waals surface area (Å²) in [6, 6.07) is 4.84. The van der Waals surface area contributed by atoms with Gasteiger partial charge in [0.25, 0.3) is 0 Å². The van der Waals surface area contributed by atoms with Crippen LogP contribution in [0.3, 0.4) is 0 Å². The first-order valence-electron chi connectivity index (χ1n) is 13.0. The summed E-state index contributed by atoms with van der Waals surface area (Å²) in [6.07, 6.45) is 6.80. The Kier molecular flexibility index (Phi) is 6.18. The predicted molar refractivity (Wildman–Crippen MR) is 148 cm³/mol. The SMILES string of the molecule is C=CCOc1c(-n2nc3c(c2-n2ccn(-c4ccc5c(cnn5C)c4F)c2=O)[C@H](C)NCC3)cc(C)c(F)c1C. The summed E-state index contributed by atoms with van der Waals surface area (Å²) in [5, 5.41) is 12.8. The Balaban J connectivity index is 1.61. The molecule has 0 saturated carbocycles. The lowest BCUT2D eigenvalue weighted by atomic mass is 10.0. The number of hydrogen-bond acceptors (Lipinski definition) is 5. The third kappa shape index (κ3) is 3.80. The minimum atomic E-state index is -0.541. The molecule has 1 aliphatic heterocycles. The lowest BCUT2D eigenvalue weighted by molar-refractivity contribution is 0.355. The number of nitrogens with one attached hydrogen (secondary N) is 1. The number of ether oxygens (including phenoxy) is 1. The first kappa shape index (κ1) is 25.8. The van der Waals surface area contributed by atoms with Gasteiger partial charge in [0, 0.05) is 49.6 Å². The number of rotatable bonds is 6. The number of benzene rings is 2. The summed E-state index contributed by atoms with van der Waals surface area (Å²) in [7, 11) is 1.73. The molecule has 0 spiro atoms. The van der Waals surface area contributed by atoms with E-state index >= 15 is 4.39 Å². The molecule has 4 heterocycles. The molecule has 6 rings (SSSR count). The summed E-state index contributed by atoms with van der Waals surface area (Å²) in [5.74, 6) is -0.123. The molecule has 0 fully saturated rings. The van der Waals surface area contributed by atoms with Gasteiger partial charge in [-0.05, 0) is 44.5 Å². The van der Waals surface area contributed by atoms with E-state index < -0.39 is 11.5 Å². The highest BCUT2D eigenvalue weighted by molar-refractivity contribution is 5.81. The maximum atomic E-state index is 15.6. The molecule has 1 atom stereocenters. The summed E-state index contributed by atoms with van der Waals surface area (Å²) < 4.78 is 42.4. The van der Waals surface area contributed by atoms with Gasteiger partial charge in [0.2, 0.25) is 0 Å². The van der Waals surface area contributed by atoms with Crippen LogP contribution in [0.5, 0.6) is 5.75 Å². The van der Waals surface area contributed by atoms with E-state index in [0.29, 0.717) is 45.7 Å². The molecule has 40 heavy (non-hydrogen) atoms. The van der Waals surface area contributed by atoms with Crippen LogP contribution in [-0.2, 0) is 13.5 Å². The number of aromatic nitrogens is 6. The first-order valence-corrected chi connectivity index (χ1v) is 13.0. The minimum absolute atomic E-state index is 0.110. The monoisotopic (exact) mass is 545 g/mol. The lowest BCUT2D eigenvalue weighted by Gasteiger charge is -2.21. The van der Waals surface area contributed by atoms with E-state index in [1.54, 1.807) is 60.7 Å². The van der Waals surface area contributed by atoms with Crippen molar-refractivity contribution in [3.63, 3.8) is 0 Å². The Morgan fingerprint density at radius 1 is 1.18 bits per heavy atom.